The van der Waals surface area contributed by atoms with Gasteiger partial charge in [-0.15, -0.1) is 0 Å². The van der Waals surface area contributed by atoms with Crippen LogP contribution in [0.25, 0.3) is 0 Å². The first-order chi connectivity index (χ1) is 7.81. The molecular formula is C11H18BrN3O. The van der Waals surface area contributed by atoms with Crippen LogP contribution in [0.3, 0.4) is 0 Å². The maximum absolute atomic E-state index is 5.36. The van der Waals surface area contributed by atoms with Gasteiger partial charge in [0.25, 0.3) is 0 Å². The highest BCUT2D eigenvalue weighted by atomic mass is 79.9. The fourth-order valence-electron chi connectivity index (χ4n) is 1.41. The summed E-state index contributed by atoms with van der Waals surface area (Å²) in [6, 6.07) is 1.89. The first-order valence-corrected chi connectivity index (χ1v) is 6.69. The van der Waals surface area contributed by atoms with E-state index < -0.39 is 0 Å². The van der Waals surface area contributed by atoms with Crippen molar-refractivity contribution >= 4 is 21.7 Å². The number of ether oxygens (including phenoxy) is 1. The van der Waals surface area contributed by atoms with Crippen LogP contribution < -0.4 is 9.64 Å². The third-order valence-electron chi connectivity index (χ3n) is 2.19. The molecule has 1 aromatic heterocycles. The highest BCUT2D eigenvalue weighted by Crippen LogP contribution is 2.15. The number of alkyl halides is 1. The Balaban J connectivity index is 2.71. The molecule has 1 rings (SSSR count). The van der Waals surface area contributed by atoms with E-state index in [1.807, 2.05) is 13.0 Å². The summed E-state index contributed by atoms with van der Waals surface area (Å²) in [5.74, 6) is 1.58. The van der Waals surface area contributed by atoms with Gasteiger partial charge in [0.15, 0.2) is 0 Å². The van der Waals surface area contributed by atoms with E-state index in [1.165, 1.54) is 0 Å². The predicted molar refractivity (Wildman–Crippen MR) is 69.5 cm³/mol. The van der Waals surface area contributed by atoms with Gasteiger partial charge in [0.1, 0.15) is 12.1 Å². The van der Waals surface area contributed by atoms with Crippen LogP contribution in [0.4, 0.5) is 5.82 Å². The average molecular weight is 288 g/mol. The Labute approximate surface area is 105 Å². The monoisotopic (exact) mass is 287 g/mol. The molecule has 0 saturated heterocycles. The fraction of sp³-hybridized carbons (Fsp3) is 0.636. The SMILES string of the molecule is CCOc1cc(N(CC)CCCBr)ncn1. The summed E-state index contributed by atoms with van der Waals surface area (Å²) in [5.41, 5.74) is 0. The van der Waals surface area contributed by atoms with E-state index >= 15 is 0 Å². The lowest BCUT2D eigenvalue weighted by atomic mass is 10.4. The van der Waals surface area contributed by atoms with Crippen molar-refractivity contribution in [3.63, 3.8) is 0 Å². The molecule has 16 heavy (non-hydrogen) atoms. The predicted octanol–water partition coefficient (Wildman–Crippen LogP) is 2.49. The second kappa shape index (κ2) is 7.44. The van der Waals surface area contributed by atoms with Crippen molar-refractivity contribution in [1.29, 1.82) is 0 Å². The van der Waals surface area contributed by atoms with Gasteiger partial charge in [-0.3, -0.25) is 0 Å². The normalized spacial score (nSPS) is 10.2. The van der Waals surface area contributed by atoms with E-state index in [0.717, 1.165) is 30.7 Å². The van der Waals surface area contributed by atoms with E-state index in [1.54, 1.807) is 6.33 Å². The van der Waals surface area contributed by atoms with E-state index in [4.69, 9.17) is 4.74 Å². The number of nitrogens with zero attached hydrogens (tertiary/aromatic N) is 3. The summed E-state index contributed by atoms with van der Waals surface area (Å²) in [6.45, 7) is 6.63. The molecule has 1 aromatic rings. The Morgan fingerprint density at radius 2 is 2.19 bits per heavy atom. The fourth-order valence-corrected chi connectivity index (χ4v) is 1.67. The highest BCUT2D eigenvalue weighted by Gasteiger charge is 2.06. The molecular weight excluding hydrogens is 270 g/mol. The van der Waals surface area contributed by atoms with Crippen LogP contribution in [0.1, 0.15) is 20.3 Å². The zero-order valence-electron chi connectivity index (χ0n) is 9.82. The first-order valence-electron chi connectivity index (χ1n) is 5.57. The highest BCUT2D eigenvalue weighted by molar-refractivity contribution is 9.09. The van der Waals surface area contributed by atoms with Crippen molar-refractivity contribution in [2.45, 2.75) is 20.3 Å². The summed E-state index contributed by atoms with van der Waals surface area (Å²) < 4.78 is 5.36. The molecule has 0 aliphatic rings. The topological polar surface area (TPSA) is 38.2 Å². The van der Waals surface area contributed by atoms with Gasteiger partial charge in [-0.25, -0.2) is 9.97 Å². The summed E-state index contributed by atoms with van der Waals surface area (Å²) in [7, 11) is 0. The number of aromatic nitrogens is 2. The number of halogens is 1. The van der Waals surface area contributed by atoms with Gasteiger partial charge in [0.2, 0.25) is 5.88 Å². The van der Waals surface area contributed by atoms with Gasteiger partial charge in [-0.05, 0) is 20.3 Å². The van der Waals surface area contributed by atoms with E-state index in [9.17, 15) is 0 Å². The molecule has 5 heteroatoms. The van der Waals surface area contributed by atoms with E-state index in [0.29, 0.717) is 12.5 Å². The molecule has 0 aromatic carbocycles. The third-order valence-corrected chi connectivity index (χ3v) is 2.75. The number of hydrogen-bond donors (Lipinski definition) is 0. The molecule has 0 bridgehead atoms. The van der Waals surface area contributed by atoms with Gasteiger partial charge >= 0.3 is 0 Å². The lowest BCUT2D eigenvalue weighted by Crippen LogP contribution is -2.25. The minimum absolute atomic E-state index is 0.629. The quantitative estimate of drug-likeness (QED) is 0.722. The number of hydrogen-bond acceptors (Lipinski definition) is 4. The molecule has 90 valence electrons. The smallest absolute Gasteiger partial charge is 0.218 e. The minimum atomic E-state index is 0.629. The van der Waals surface area contributed by atoms with Crippen molar-refractivity contribution < 1.29 is 4.74 Å². The van der Waals surface area contributed by atoms with Gasteiger partial charge in [0, 0.05) is 24.5 Å². The summed E-state index contributed by atoms with van der Waals surface area (Å²) in [6.07, 6.45) is 2.65. The van der Waals surface area contributed by atoms with Crippen molar-refractivity contribution in [2.75, 3.05) is 29.9 Å². The Bertz CT molecular complexity index is 309. The summed E-state index contributed by atoms with van der Waals surface area (Å²) in [5, 5.41) is 1.01. The Morgan fingerprint density at radius 3 is 2.81 bits per heavy atom. The molecule has 0 radical (unpaired) electrons. The standard InChI is InChI=1S/C11H18BrN3O/c1-3-15(7-5-6-12)10-8-11(16-4-2)14-9-13-10/h8-9H,3-7H2,1-2H3. The van der Waals surface area contributed by atoms with Crippen LogP contribution in [0.5, 0.6) is 5.88 Å². The molecule has 0 saturated carbocycles. The molecule has 0 N–H and O–H groups in total. The van der Waals surface area contributed by atoms with Crippen molar-refractivity contribution in [3.05, 3.63) is 12.4 Å². The van der Waals surface area contributed by atoms with Gasteiger partial charge < -0.3 is 9.64 Å². The number of rotatable bonds is 7. The van der Waals surface area contributed by atoms with E-state index in [2.05, 4.69) is 37.7 Å². The van der Waals surface area contributed by atoms with Gasteiger partial charge in [-0.1, -0.05) is 15.9 Å². The van der Waals surface area contributed by atoms with Crippen molar-refractivity contribution in [2.24, 2.45) is 0 Å². The average Bonchev–Trinajstić information content (AvgIpc) is 2.31. The zero-order chi connectivity index (χ0) is 11.8. The second-order valence-electron chi connectivity index (χ2n) is 3.27. The molecule has 0 amide bonds. The van der Waals surface area contributed by atoms with Crippen LogP contribution in [-0.2, 0) is 0 Å². The Morgan fingerprint density at radius 1 is 1.38 bits per heavy atom. The molecule has 0 spiro atoms. The molecule has 4 nitrogen and oxygen atoms in total. The van der Waals surface area contributed by atoms with Crippen LogP contribution in [-0.4, -0.2) is 35.0 Å². The maximum Gasteiger partial charge on any atom is 0.218 e. The molecule has 0 aliphatic heterocycles. The molecule has 0 atom stereocenters. The van der Waals surface area contributed by atoms with Crippen LogP contribution >= 0.6 is 15.9 Å². The first kappa shape index (κ1) is 13.2. The molecule has 0 unspecified atom stereocenters. The van der Waals surface area contributed by atoms with Crippen molar-refractivity contribution in [1.82, 2.24) is 9.97 Å². The third kappa shape index (κ3) is 3.96. The van der Waals surface area contributed by atoms with Crippen LogP contribution in [0, 0.1) is 0 Å². The van der Waals surface area contributed by atoms with E-state index in [-0.39, 0.29) is 0 Å². The summed E-state index contributed by atoms with van der Waals surface area (Å²) in [4.78, 5) is 10.5. The van der Waals surface area contributed by atoms with Crippen LogP contribution in [0.15, 0.2) is 12.4 Å². The zero-order valence-corrected chi connectivity index (χ0v) is 11.4. The Hall–Kier alpha value is -0.840. The lowest BCUT2D eigenvalue weighted by Gasteiger charge is -2.21. The number of anilines is 1. The summed E-state index contributed by atoms with van der Waals surface area (Å²) >= 11 is 3.43. The molecule has 0 aliphatic carbocycles. The van der Waals surface area contributed by atoms with Gasteiger partial charge in [-0.2, -0.15) is 0 Å². The van der Waals surface area contributed by atoms with Gasteiger partial charge in [0.05, 0.1) is 6.61 Å². The largest absolute Gasteiger partial charge is 0.478 e. The molecule has 1 heterocycles. The van der Waals surface area contributed by atoms with Crippen LogP contribution in [0.2, 0.25) is 0 Å². The molecule has 0 fully saturated rings. The second-order valence-corrected chi connectivity index (χ2v) is 4.06. The maximum atomic E-state index is 5.36. The Kier molecular flexibility index (Phi) is 6.15. The lowest BCUT2D eigenvalue weighted by molar-refractivity contribution is 0.326. The van der Waals surface area contributed by atoms with Crippen molar-refractivity contribution in [3.8, 4) is 5.88 Å². The minimum Gasteiger partial charge on any atom is -0.478 e.